The van der Waals surface area contributed by atoms with Gasteiger partial charge in [0.2, 0.25) is 5.91 Å². The predicted molar refractivity (Wildman–Crippen MR) is 149 cm³/mol. The molecular formula is C30H28F2N6O2. The smallest absolute Gasteiger partial charge is 0.241 e. The van der Waals surface area contributed by atoms with Gasteiger partial charge in [-0.2, -0.15) is 0 Å². The number of aliphatic hydroxyl groups is 1. The van der Waals surface area contributed by atoms with Crippen LogP contribution in [0.2, 0.25) is 0 Å². The Morgan fingerprint density at radius 3 is 2.55 bits per heavy atom. The number of pyridine rings is 1. The lowest BCUT2D eigenvalue weighted by Crippen LogP contribution is -2.43. The monoisotopic (exact) mass is 542 g/mol. The van der Waals surface area contributed by atoms with E-state index in [0.29, 0.717) is 39.2 Å². The van der Waals surface area contributed by atoms with Gasteiger partial charge in [0.1, 0.15) is 17.9 Å². The van der Waals surface area contributed by atoms with Gasteiger partial charge in [0.05, 0.1) is 18.2 Å². The molecule has 0 saturated heterocycles. The zero-order valence-electron chi connectivity index (χ0n) is 21.4. The number of carbonyl (C=O) groups excluding carboxylic acids is 1. The number of aliphatic hydroxyl groups excluding tert-OH is 1. The van der Waals surface area contributed by atoms with E-state index in [-0.39, 0.29) is 12.8 Å². The maximum Gasteiger partial charge on any atom is 0.241 e. The first-order valence-electron chi connectivity index (χ1n) is 12.6. The van der Waals surface area contributed by atoms with Crippen LogP contribution in [-0.4, -0.2) is 26.0 Å². The number of hydrogen-bond donors (Lipinski definition) is 5. The van der Waals surface area contributed by atoms with Crippen LogP contribution in [0.15, 0.2) is 85.2 Å². The van der Waals surface area contributed by atoms with E-state index in [0.717, 1.165) is 22.0 Å². The highest BCUT2D eigenvalue weighted by atomic mass is 19.1. The predicted octanol–water partition coefficient (Wildman–Crippen LogP) is 4.27. The minimum atomic E-state index is -1.19. The van der Waals surface area contributed by atoms with Gasteiger partial charge in [-0.3, -0.25) is 14.8 Å². The molecule has 2 aromatic heterocycles. The molecule has 10 heteroatoms. The molecule has 0 aliphatic carbocycles. The van der Waals surface area contributed by atoms with Crippen molar-refractivity contribution in [1.82, 2.24) is 15.0 Å². The Kier molecular flexibility index (Phi) is 7.56. The van der Waals surface area contributed by atoms with Crippen molar-refractivity contribution in [3.63, 3.8) is 0 Å². The van der Waals surface area contributed by atoms with Crippen molar-refractivity contribution in [1.29, 1.82) is 0 Å². The van der Waals surface area contributed by atoms with Gasteiger partial charge in [-0.05, 0) is 64.7 Å². The molecule has 0 spiro atoms. The van der Waals surface area contributed by atoms with Crippen LogP contribution in [0, 0.1) is 11.6 Å². The number of fused-ring (bicyclic) bond motifs is 1. The van der Waals surface area contributed by atoms with E-state index in [9.17, 15) is 18.7 Å². The Balaban J connectivity index is 1.56. The highest BCUT2D eigenvalue weighted by molar-refractivity contribution is 5.90. The number of hydrogen-bond acceptors (Lipinski definition) is 6. The summed E-state index contributed by atoms with van der Waals surface area (Å²) in [5.41, 5.74) is 16.2. The van der Waals surface area contributed by atoms with E-state index < -0.39 is 29.8 Å². The van der Waals surface area contributed by atoms with E-state index in [1.54, 1.807) is 54.9 Å². The second-order valence-electron chi connectivity index (χ2n) is 9.60. The Morgan fingerprint density at radius 1 is 1.02 bits per heavy atom. The number of nitrogens with two attached hydrogens (primary N) is 3. The molecule has 3 aromatic carbocycles. The molecule has 2 atom stereocenters. The maximum atomic E-state index is 14.1. The molecule has 0 aliphatic rings. The van der Waals surface area contributed by atoms with E-state index in [1.807, 2.05) is 12.1 Å². The van der Waals surface area contributed by atoms with Crippen LogP contribution >= 0.6 is 0 Å². The lowest BCUT2D eigenvalue weighted by atomic mass is 9.94. The van der Waals surface area contributed by atoms with Crippen LogP contribution in [0.5, 0.6) is 0 Å². The molecule has 0 bridgehead atoms. The molecule has 8 N–H and O–H groups in total. The topological polar surface area (TPSA) is 147 Å². The average Bonchev–Trinajstić information content (AvgIpc) is 3.32. The van der Waals surface area contributed by atoms with Crippen molar-refractivity contribution in [3.05, 3.63) is 119 Å². The largest absolute Gasteiger partial charge is 0.399 e. The molecule has 204 valence electrons. The van der Waals surface area contributed by atoms with Gasteiger partial charge in [0.25, 0.3) is 0 Å². The summed E-state index contributed by atoms with van der Waals surface area (Å²) in [5.74, 6) is 4.57. The minimum absolute atomic E-state index is 0.0129. The molecule has 2 heterocycles. The third-order valence-electron chi connectivity index (χ3n) is 6.80. The number of hydrazine groups is 1. The van der Waals surface area contributed by atoms with Gasteiger partial charge in [-0.25, -0.2) is 14.6 Å². The summed E-state index contributed by atoms with van der Waals surface area (Å²) in [6.07, 6.45) is 2.03. The number of aromatic nitrogens is 2. The molecule has 1 amide bonds. The number of anilines is 1. The molecule has 40 heavy (non-hydrogen) atoms. The van der Waals surface area contributed by atoms with Crippen LogP contribution in [0.4, 0.5) is 14.5 Å². The van der Waals surface area contributed by atoms with Gasteiger partial charge in [-0.15, -0.1) is 0 Å². The van der Waals surface area contributed by atoms with Crippen LogP contribution in [0.3, 0.4) is 0 Å². The molecule has 0 radical (unpaired) electrons. The molecule has 8 nitrogen and oxygen atoms in total. The third kappa shape index (κ3) is 5.69. The number of halogens is 2. The summed E-state index contributed by atoms with van der Waals surface area (Å²) in [5, 5.41) is 11.8. The van der Waals surface area contributed by atoms with Crippen molar-refractivity contribution in [2.75, 3.05) is 5.73 Å². The van der Waals surface area contributed by atoms with E-state index in [2.05, 4.69) is 9.97 Å². The van der Waals surface area contributed by atoms with E-state index >= 15 is 0 Å². The molecular weight excluding hydrogens is 514 g/mol. The third-order valence-corrected chi connectivity index (χ3v) is 6.80. The first-order chi connectivity index (χ1) is 19.2. The molecule has 0 aliphatic heterocycles. The number of H-pyrrole nitrogens is 1. The Morgan fingerprint density at radius 2 is 1.80 bits per heavy atom. The highest BCUT2D eigenvalue weighted by Gasteiger charge is 2.28. The minimum Gasteiger partial charge on any atom is -0.399 e. The van der Waals surface area contributed by atoms with Crippen LogP contribution < -0.4 is 17.3 Å². The number of aromatic amines is 1. The first kappa shape index (κ1) is 26.9. The summed E-state index contributed by atoms with van der Waals surface area (Å²) in [6.45, 7) is 0. The number of benzene rings is 3. The summed E-state index contributed by atoms with van der Waals surface area (Å²) < 4.78 is 28.2. The molecule has 5 aromatic rings. The fourth-order valence-electron chi connectivity index (χ4n) is 4.87. The Labute approximate surface area is 229 Å². The summed E-state index contributed by atoms with van der Waals surface area (Å²) >= 11 is 0. The van der Waals surface area contributed by atoms with Gasteiger partial charge < -0.3 is 21.6 Å². The lowest BCUT2D eigenvalue weighted by Gasteiger charge is -2.29. The average molecular weight is 543 g/mol. The normalized spacial score (nSPS) is 12.8. The van der Waals surface area contributed by atoms with Crippen molar-refractivity contribution in [3.8, 4) is 11.1 Å². The van der Waals surface area contributed by atoms with Crippen molar-refractivity contribution >= 4 is 22.5 Å². The fraction of sp³-hybridized carbons (Fsp3) is 0.133. The molecule has 1 unspecified atom stereocenters. The number of carbonyl (C=O) groups is 1. The summed E-state index contributed by atoms with van der Waals surface area (Å²) in [6, 6.07) is 18.1. The summed E-state index contributed by atoms with van der Waals surface area (Å²) in [4.78, 5) is 21.3. The fourth-order valence-corrected chi connectivity index (χ4v) is 4.87. The molecule has 5 rings (SSSR count). The summed E-state index contributed by atoms with van der Waals surface area (Å²) in [7, 11) is 0. The number of nitrogen functional groups attached to an aromatic ring is 1. The van der Waals surface area contributed by atoms with Gasteiger partial charge in [0, 0.05) is 47.0 Å². The molecule has 0 saturated carbocycles. The van der Waals surface area contributed by atoms with E-state index in [1.165, 1.54) is 12.1 Å². The van der Waals surface area contributed by atoms with Crippen LogP contribution in [0.25, 0.3) is 22.0 Å². The molecule has 0 fully saturated rings. The van der Waals surface area contributed by atoms with Gasteiger partial charge >= 0.3 is 0 Å². The Hall–Kier alpha value is -4.64. The highest BCUT2D eigenvalue weighted by Crippen LogP contribution is 2.33. The number of nitrogens with zero attached hydrogens (tertiary/aromatic N) is 2. The van der Waals surface area contributed by atoms with Gasteiger partial charge in [-0.1, -0.05) is 24.3 Å². The lowest BCUT2D eigenvalue weighted by molar-refractivity contribution is -0.133. The zero-order valence-corrected chi connectivity index (χ0v) is 21.4. The number of rotatable bonds is 8. The SMILES string of the molecule is Nc1ccc2[nH]cc(CC(=O)N(N)[C@@H](Cc3cc(F)cc(F)c3)c3ncccc3-c3cccc(C(N)O)c3)c2c1. The number of nitrogens with one attached hydrogen (secondary N) is 1. The standard InChI is InChI=1S/C30H28F2N6O2/c31-21-9-17(10-22(32)14-21)11-27(29-24(5-2-8-36-29)18-3-1-4-19(12-18)30(34)40)38(35)28(39)13-20-16-37-26-7-6-23(33)15-25(20)26/h1-10,12,14-16,27,30,37,40H,11,13,33-35H2/t27-,30?/m0/s1. The van der Waals surface area contributed by atoms with Crippen LogP contribution in [-0.2, 0) is 17.6 Å². The van der Waals surface area contributed by atoms with Crippen LogP contribution in [0.1, 0.15) is 34.7 Å². The number of amides is 1. The first-order valence-corrected chi connectivity index (χ1v) is 12.6. The Bertz CT molecular complexity index is 1670. The van der Waals surface area contributed by atoms with Crippen molar-refractivity contribution in [2.45, 2.75) is 25.1 Å². The maximum absolute atomic E-state index is 14.1. The second-order valence-corrected chi connectivity index (χ2v) is 9.60. The quantitative estimate of drug-likeness (QED) is 0.0651. The van der Waals surface area contributed by atoms with Gasteiger partial charge in [0.15, 0.2) is 0 Å². The second kappa shape index (κ2) is 11.2. The van der Waals surface area contributed by atoms with Crippen molar-refractivity contribution < 1.29 is 18.7 Å². The zero-order chi connectivity index (χ0) is 28.4. The van der Waals surface area contributed by atoms with Crippen molar-refractivity contribution in [2.24, 2.45) is 11.6 Å². The van der Waals surface area contributed by atoms with E-state index in [4.69, 9.17) is 17.3 Å².